The first kappa shape index (κ1) is 15.3. The largest absolute Gasteiger partial charge is 0.480 e. The SMILES string of the molecule is Cc1ccc2c(c1)C(C(=O)O)(c1ccccn1)C(c1ccccc1)=N2. The number of benzene rings is 2. The molecular formula is C21H16N2O2. The number of aromatic nitrogens is 1. The molecule has 0 saturated heterocycles. The Morgan fingerprint density at radius 2 is 1.76 bits per heavy atom. The Balaban J connectivity index is 2.09. The van der Waals surface area contributed by atoms with Gasteiger partial charge in [-0.3, -0.25) is 14.8 Å². The molecular weight excluding hydrogens is 312 g/mol. The van der Waals surface area contributed by atoms with Gasteiger partial charge in [-0.2, -0.15) is 0 Å². The molecule has 4 nitrogen and oxygen atoms in total. The minimum atomic E-state index is -1.41. The van der Waals surface area contributed by atoms with Crippen LogP contribution in [0.3, 0.4) is 0 Å². The molecule has 25 heavy (non-hydrogen) atoms. The molecule has 1 unspecified atom stereocenters. The molecule has 2 heterocycles. The third kappa shape index (κ3) is 2.18. The summed E-state index contributed by atoms with van der Waals surface area (Å²) in [4.78, 5) is 21.8. The summed E-state index contributed by atoms with van der Waals surface area (Å²) in [5, 5.41) is 10.4. The van der Waals surface area contributed by atoms with E-state index < -0.39 is 11.4 Å². The van der Waals surface area contributed by atoms with Crippen LogP contribution in [-0.2, 0) is 10.2 Å². The average molecular weight is 328 g/mol. The van der Waals surface area contributed by atoms with Crippen molar-refractivity contribution in [2.45, 2.75) is 12.3 Å². The predicted octanol–water partition coefficient (Wildman–Crippen LogP) is 3.90. The van der Waals surface area contributed by atoms with Gasteiger partial charge in [0.1, 0.15) is 0 Å². The van der Waals surface area contributed by atoms with E-state index >= 15 is 0 Å². The van der Waals surface area contributed by atoms with Crippen molar-refractivity contribution < 1.29 is 9.90 Å². The second-order valence-corrected chi connectivity index (χ2v) is 6.12. The number of nitrogens with zero attached hydrogens (tertiary/aromatic N) is 2. The van der Waals surface area contributed by atoms with Crippen LogP contribution in [0.1, 0.15) is 22.4 Å². The number of hydrogen-bond donors (Lipinski definition) is 1. The molecule has 4 heteroatoms. The van der Waals surface area contributed by atoms with E-state index in [0.29, 0.717) is 22.7 Å². The zero-order chi connectivity index (χ0) is 17.4. The maximum atomic E-state index is 12.7. The van der Waals surface area contributed by atoms with Gasteiger partial charge >= 0.3 is 5.97 Å². The number of carboxylic acids is 1. The number of fused-ring (bicyclic) bond motifs is 1. The Bertz CT molecular complexity index is 981. The van der Waals surface area contributed by atoms with Gasteiger partial charge in [-0.1, -0.05) is 54.1 Å². The molecule has 0 fully saturated rings. The molecule has 0 aliphatic carbocycles. The van der Waals surface area contributed by atoms with Gasteiger partial charge in [-0.05, 0) is 30.7 Å². The second-order valence-electron chi connectivity index (χ2n) is 6.12. The van der Waals surface area contributed by atoms with Crippen molar-refractivity contribution in [2.75, 3.05) is 0 Å². The number of aryl methyl sites for hydroxylation is 1. The van der Waals surface area contributed by atoms with Gasteiger partial charge in [0.2, 0.25) is 0 Å². The van der Waals surface area contributed by atoms with Crippen molar-refractivity contribution in [3.63, 3.8) is 0 Å². The van der Waals surface area contributed by atoms with E-state index in [1.54, 1.807) is 18.3 Å². The van der Waals surface area contributed by atoms with Crippen LogP contribution in [0.2, 0.25) is 0 Å². The van der Waals surface area contributed by atoms with Gasteiger partial charge in [0, 0.05) is 11.8 Å². The van der Waals surface area contributed by atoms with Crippen LogP contribution in [0.5, 0.6) is 0 Å². The third-order valence-corrected chi connectivity index (χ3v) is 4.56. The fraction of sp³-hybridized carbons (Fsp3) is 0.0952. The zero-order valence-electron chi connectivity index (χ0n) is 13.7. The van der Waals surface area contributed by atoms with E-state index in [4.69, 9.17) is 4.99 Å². The van der Waals surface area contributed by atoms with Crippen molar-refractivity contribution in [2.24, 2.45) is 4.99 Å². The molecule has 1 aromatic heterocycles. The summed E-state index contributed by atoms with van der Waals surface area (Å²) in [5.41, 5.74) is 2.67. The smallest absolute Gasteiger partial charge is 0.326 e. The lowest BCUT2D eigenvalue weighted by Crippen LogP contribution is -2.44. The minimum absolute atomic E-state index is 0.467. The molecule has 0 saturated carbocycles. The standard InChI is InChI=1S/C21H16N2O2/c1-14-10-11-17-16(13-14)21(20(24)25,18-9-5-6-12-22-18)19(23-17)15-7-3-2-4-8-15/h2-13H,1H3,(H,24,25). The summed E-state index contributed by atoms with van der Waals surface area (Å²) in [5.74, 6) is -0.974. The van der Waals surface area contributed by atoms with Gasteiger partial charge in [0.25, 0.3) is 0 Å². The number of rotatable bonds is 3. The number of carbonyl (C=O) groups is 1. The molecule has 1 N–H and O–H groups in total. The normalized spacial score (nSPS) is 18.5. The summed E-state index contributed by atoms with van der Waals surface area (Å²) in [6, 6.07) is 20.5. The number of hydrogen-bond acceptors (Lipinski definition) is 3. The van der Waals surface area contributed by atoms with Crippen LogP contribution < -0.4 is 0 Å². The van der Waals surface area contributed by atoms with E-state index in [1.807, 2.05) is 61.5 Å². The van der Waals surface area contributed by atoms with Gasteiger partial charge in [0.15, 0.2) is 5.41 Å². The monoisotopic (exact) mass is 328 g/mol. The van der Waals surface area contributed by atoms with Crippen molar-refractivity contribution in [1.29, 1.82) is 0 Å². The van der Waals surface area contributed by atoms with Crippen LogP contribution in [0.15, 0.2) is 77.9 Å². The van der Waals surface area contributed by atoms with Crippen LogP contribution in [0.25, 0.3) is 0 Å². The number of pyridine rings is 1. The number of aliphatic imine (C=N–C) groups is 1. The first-order valence-corrected chi connectivity index (χ1v) is 8.04. The number of carboxylic acid groups (broad SMARTS) is 1. The topological polar surface area (TPSA) is 62.5 Å². The first-order chi connectivity index (χ1) is 12.1. The van der Waals surface area contributed by atoms with Gasteiger partial charge in [-0.15, -0.1) is 0 Å². The quantitative estimate of drug-likeness (QED) is 0.793. The van der Waals surface area contributed by atoms with Gasteiger partial charge in [0.05, 0.1) is 17.1 Å². The maximum Gasteiger partial charge on any atom is 0.326 e. The van der Waals surface area contributed by atoms with Crippen molar-refractivity contribution in [3.05, 3.63) is 95.3 Å². The highest BCUT2D eigenvalue weighted by atomic mass is 16.4. The molecule has 122 valence electrons. The Morgan fingerprint density at radius 3 is 2.44 bits per heavy atom. The fourth-order valence-corrected chi connectivity index (χ4v) is 3.43. The zero-order valence-corrected chi connectivity index (χ0v) is 13.7. The fourth-order valence-electron chi connectivity index (χ4n) is 3.43. The van der Waals surface area contributed by atoms with Gasteiger partial charge in [-0.25, -0.2) is 0 Å². The van der Waals surface area contributed by atoms with Crippen LogP contribution in [0, 0.1) is 6.92 Å². The Morgan fingerprint density at radius 1 is 1.00 bits per heavy atom. The van der Waals surface area contributed by atoms with E-state index in [9.17, 15) is 9.90 Å². The predicted molar refractivity (Wildman–Crippen MR) is 96.5 cm³/mol. The van der Waals surface area contributed by atoms with Crippen molar-refractivity contribution >= 4 is 17.4 Å². The average Bonchev–Trinajstić information content (AvgIpc) is 2.98. The molecule has 0 bridgehead atoms. The lowest BCUT2D eigenvalue weighted by molar-refractivity contribution is -0.139. The maximum absolute atomic E-state index is 12.7. The van der Waals surface area contributed by atoms with E-state index in [1.165, 1.54) is 0 Å². The second kappa shape index (κ2) is 5.67. The highest BCUT2D eigenvalue weighted by Crippen LogP contribution is 2.46. The highest BCUT2D eigenvalue weighted by Gasteiger charge is 2.53. The minimum Gasteiger partial charge on any atom is -0.480 e. The molecule has 0 spiro atoms. The molecule has 0 amide bonds. The third-order valence-electron chi connectivity index (χ3n) is 4.56. The van der Waals surface area contributed by atoms with E-state index in [0.717, 1.165) is 11.1 Å². The molecule has 2 aromatic carbocycles. The lowest BCUT2D eigenvalue weighted by Gasteiger charge is -2.27. The van der Waals surface area contributed by atoms with E-state index in [-0.39, 0.29) is 0 Å². The summed E-state index contributed by atoms with van der Waals surface area (Å²) in [6.07, 6.45) is 1.62. The summed E-state index contributed by atoms with van der Waals surface area (Å²) >= 11 is 0. The molecule has 3 aromatic rings. The summed E-state index contributed by atoms with van der Waals surface area (Å²) < 4.78 is 0. The van der Waals surface area contributed by atoms with Crippen LogP contribution >= 0.6 is 0 Å². The van der Waals surface area contributed by atoms with Crippen molar-refractivity contribution in [3.8, 4) is 0 Å². The lowest BCUT2D eigenvalue weighted by atomic mass is 9.72. The molecule has 1 aliphatic heterocycles. The van der Waals surface area contributed by atoms with Crippen molar-refractivity contribution in [1.82, 2.24) is 4.98 Å². The molecule has 0 radical (unpaired) electrons. The van der Waals surface area contributed by atoms with Gasteiger partial charge < -0.3 is 5.11 Å². The number of aliphatic carboxylic acids is 1. The van der Waals surface area contributed by atoms with E-state index in [2.05, 4.69) is 4.98 Å². The summed E-state index contributed by atoms with van der Waals surface area (Å²) in [6.45, 7) is 1.95. The summed E-state index contributed by atoms with van der Waals surface area (Å²) in [7, 11) is 0. The van der Waals surface area contributed by atoms with Crippen LogP contribution in [0.4, 0.5) is 5.69 Å². The first-order valence-electron chi connectivity index (χ1n) is 8.04. The van der Waals surface area contributed by atoms with Crippen LogP contribution in [-0.4, -0.2) is 21.8 Å². The molecule has 4 rings (SSSR count). The Labute approximate surface area is 145 Å². The molecule has 1 aliphatic rings. The molecule has 1 atom stereocenters. The highest BCUT2D eigenvalue weighted by molar-refractivity contribution is 6.25. The Kier molecular flexibility index (Phi) is 3.46. The Hall–Kier alpha value is -3.27.